The van der Waals surface area contributed by atoms with E-state index in [1.165, 1.54) is 4.90 Å². The van der Waals surface area contributed by atoms with Gasteiger partial charge in [0, 0.05) is 42.3 Å². The van der Waals surface area contributed by atoms with Crippen molar-refractivity contribution in [2.75, 3.05) is 6.54 Å². The fourth-order valence-corrected chi connectivity index (χ4v) is 4.38. The highest BCUT2D eigenvalue weighted by atomic mass is 16.2. The number of para-hydroxylation sites is 1. The van der Waals surface area contributed by atoms with Crippen molar-refractivity contribution in [3.05, 3.63) is 71.4 Å². The molecular formula is C26H30N4O3. The number of Topliss-reactive ketones (excluding diaryl/α,β-unsaturated/α-hetero) is 1. The van der Waals surface area contributed by atoms with Crippen LogP contribution in [0.5, 0.6) is 0 Å². The van der Waals surface area contributed by atoms with Gasteiger partial charge >= 0.3 is 0 Å². The zero-order chi connectivity index (χ0) is 23.8. The molecule has 2 aromatic carbocycles. The molecule has 1 saturated heterocycles. The van der Waals surface area contributed by atoms with Crippen LogP contribution in [0.4, 0.5) is 0 Å². The summed E-state index contributed by atoms with van der Waals surface area (Å²) in [5.41, 5.74) is 8.36. The Labute approximate surface area is 193 Å². The lowest BCUT2D eigenvalue weighted by atomic mass is 9.88. The molecule has 33 heavy (non-hydrogen) atoms. The van der Waals surface area contributed by atoms with Gasteiger partial charge in [-0.25, -0.2) is 0 Å². The third-order valence-corrected chi connectivity index (χ3v) is 6.64. The van der Waals surface area contributed by atoms with Gasteiger partial charge in [-0.05, 0) is 44.4 Å². The van der Waals surface area contributed by atoms with Crippen molar-refractivity contribution in [1.29, 1.82) is 0 Å². The normalized spacial score (nSPS) is 15.7. The van der Waals surface area contributed by atoms with E-state index in [9.17, 15) is 14.4 Å². The summed E-state index contributed by atoms with van der Waals surface area (Å²) in [6, 6.07) is 14.1. The van der Waals surface area contributed by atoms with Gasteiger partial charge in [0.1, 0.15) is 6.04 Å². The third-order valence-electron chi connectivity index (χ3n) is 6.64. The van der Waals surface area contributed by atoms with Gasteiger partial charge in [0.15, 0.2) is 0 Å². The van der Waals surface area contributed by atoms with Crippen molar-refractivity contribution in [1.82, 2.24) is 14.8 Å². The maximum absolute atomic E-state index is 13.5. The average Bonchev–Trinajstić information content (AvgIpc) is 3.24. The minimum Gasteiger partial charge on any atom is -0.360 e. The van der Waals surface area contributed by atoms with E-state index in [1.807, 2.05) is 56.3 Å². The number of carbonyl (C=O) groups excluding carboxylic acids is 3. The molecule has 2 heterocycles. The van der Waals surface area contributed by atoms with Gasteiger partial charge in [-0.3, -0.25) is 14.4 Å². The van der Waals surface area contributed by atoms with E-state index in [0.717, 1.165) is 23.1 Å². The highest BCUT2D eigenvalue weighted by Crippen LogP contribution is 2.31. The molecule has 1 aliphatic rings. The summed E-state index contributed by atoms with van der Waals surface area (Å²) in [4.78, 5) is 46.4. The lowest BCUT2D eigenvalue weighted by molar-refractivity contribution is -0.154. The molecule has 0 spiro atoms. The van der Waals surface area contributed by atoms with Crippen molar-refractivity contribution >= 4 is 28.5 Å². The molecule has 0 bridgehead atoms. The topological polar surface area (TPSA) is 99.5 Å². The number of H-pyrrole nitrogens is 1. The number of nitrogens with two attached hydrogens (primary N) is 1. The summed E-state index contributed by atoms with van der Waals surface area (Å²) >= 11 is 0. The monoisotopic (exact) mass is 446 g/mol. The first kappa shape index (κ1) is 22.7. The average molecular weight is 447 g/mol. The molecule has 3 aromatic rings. The van der Waals surface area contributed by atoms with Gasteiger partial charge in [-0.1, -0.05) is 42.5 Å². The van der Waals surface area contributed by atoms with Gasteiger partial charge in [0.25, 0.3) is 11.7 Å². The van der Waals surface area contributed by atoms with E-state index in [4.69, 9.17) is 5.73 Å². The zero-order valence-corrected chi connectivity index (χ0v) is 19.3. The molecular weight excluding hydrogens is 416 g/mol. The number of ketones is 1. The number of aromatic amines is 1. The Morgan fingerprint density at radius 1 is 1.12 bits per heavy atom. The van der Waals surface area contributed by atoms with Crippen LogP contribution in [0.15, 0.2) is 54.7 Å². The number of fused-ring (bicyclic) bond motifs is 1. The second kappa shape index (κ2) is 8.83. The summed E-state index contributed by atoms with van der Waals surface area (Å²) < 4.78 is 0. The first-order valence-corrected chi connectivity index (χ1v) is 11.2. The van der Waals surface area contributed by atoms with Gasteiger partial charge in [-0.2, -0.15) is 0 Å². The number of hydrogen-bond acceptors (Lipinski definition) is 4. The largest absolute Gasteiger partial charge is 0.360 e. The lowest BCUT2D eigenvalue weighted by Gasteiger charge is -2.50. The smallest absolute Gasteiger partial charge is 0.296 e. The molecule has 1 fully saturated rings. The van der Waals surface area contributed by atoms with E-state index >= 15 is 0 Å². The highest BCUT2D eigenvalue weighted by molar-refractivity contribution is 6.45. The highest BCUT2D eigenvalue weighted by Gasteiger charge is 2.43. The number of benzene rings is 2. The Bertz CT molecular complexity index is 1210. The summed E-state index contributed by atoms with van der Waals surface area (Å²) in [7, 11) is 0. The summed E-state index contributed by atoms with van der Waals surface area (Å²) in [6.45, 7) is 6.87. The van der Waals surface area contributed by atoms with Crippen LogP contribution in [0.2, 0.25) is 0 Å². The van der Waals surface area contributed by atoms with Crippen LogP contribution in [0.3, 0.4) is 0 Å². The van der Waals surface area contributed by atoms with Crippen molar-refractivity contribution in [3.8, 4) is 0 Å². The predicted octanol–water partition coefficient (Wildman–Crippen LogP) is 3.24. The molecule has 3 N–H and O–H groups in total. The molecule has 172 valence electrons. The molecule has 1 aliphatic heterocycles. The molecule has 1 atom stereocenters. The van der Waals surface area contributed by atoms with Crippen LogP contribution in [0.1, 0.15) is 48.7 Å². The van der Waals surface area contributed by atoms with Crippen molar-refractivity contribution in [2.24, 2.45) is 5.73 Å². The maximum atomic E-state index is 13.5. The van der Waals surface area contributed by atoms with Gasteiger partial charge in [0.05, 0.1) is 5.56 Å². The van der Waals surface area contributed by atoms with Crippen LogP contribution in [-0.2, 0) is 22.7 Å². The lowest BCUT2D eigenvalue weighted by Crippen LogP contribution is -2.63. The second-order valence-corrected chi connectivity index (χ2v) is 9.26. The molecule has 0 saturated carbocycles. The Hall–Kier alpha value is -3.45. The molecule has 1 unspecified atom stereocenters. The van der Waals surface area contributed by atoms with Gasteiger partial charge in [0.2, 0.25) is 5.91 Å². The fourth-order valence-electron chi connectivity index (χ4n) is 4.38. The molecule has 0 aliphatic carbocycles. The number of amides is 2. The van der Waals surface area contributed by atoms with Crippen LogP contribution in [0, 0.1) is 0 Å². The number of rotatable bonds is 7. The molecule has 4 rings (SSSR count). The second-order valence-electron chi connectivity index (χ2n) is 9.26. The minimum atomic E-state index is -0.784. The summed E-state index contributed by atoms with van der Waals surface area (Å²) in [6.07, 6.45) is 2.47. The SMILES string of the molecule is CC(C(=O)N1CCC1(C)C)N(Cc1cccc(CN)c1)C(=O)C(=O)c1c[nH]c2ccccc12. The first-order valence-electron chi connectivity index (χ1n) is 11.2. The van der Waals surface area contributed by atoms with Crippen LogP contribution in [0.25, 0.3) is 10.9 Å². The summed E-state index contributed by atoms with van der Waals surface area (Å²) in [5, 5.41) is 0.684. The van der Waals surface area contributed by atoms with E-state index in [1.54, 1.807) is 24.1 Å². The minimum absolute atomic E-state index is 0.141. The molecule has 2 amide bonds. The van der Waals surface area contributed by atoms with Crippen molar-refractivity contribution < 1.29 is 14.4 Å². The van der Waals surface area contributed by atoms with Crippen LogP contribution < -0.4 is 5.73 Å². The van der Waals surface area contributed by atoms with Crippen LogP contribution >= 0.6 is 0 Å². The number of carbonyl (C=O) groups is 3. The molecule has 7 heteroatoms. The van der Waals surface area contributed by atoms with Gasteiger partial charge < -0.3 is 20.5 Å². The summed E-state index contributed by atoms with van der Waals surface area (Å²) in [5.74, 6) is -1.48. The zero-order valence-electron chi connectivity index (χ0n) is 19.3. The standard InChI is InChI=1S/C26H30N4O3/c1-17(24(32)30-12-11-26(30,2)3)29(16-19-8-6-7-18(13-19)14-27)25(33)23(31)21-15-28-22-10-5-4-9-20(21)22/h4-10,13,15,17,28H,11-12,14,16,27H2,1-3H3. The quantitative estimate of drug-likeness (QED) is 0.430. The number of likely N-dealkylation sites (tertiary alicyclic amines) is 1. The van der Waals surface area contributed by atoms with E-state index in [0.29, 0.717) is 24.0 Å². The number of nitrogens with one attached hydrogen (secondary N) is 1. The molecule has 7 nitrogen and oxygen atoms in total. The molecule has 1 aromatic heterocycles. The van der Waals surface area contributed by atoms with E-state index in [-0.39, 0.29) is 18.0 Å². The Morgan fingerprint density at radius 3 is 2.52 bits per heavy atom. The van der Waals surface area contributed by atoms with Crippen molar-refractivity contribution in [2.45, 2.75) is 51.9 Å². The first-order chi connectivity index (χ1) is 15.7. The predicted molar refractivity (Wildman–Crippen MR) is 127 cm³/mol. The third kappa shape index (κ3) is 4.28. The Balaban J connectivity index is 1.67. The number of hydrogen-bond donors (Lipinski definition) is 2. The maximum Gasteiger partial charge on any atom is 0.296 e. The van der Waals surface area contributed by atoms with E-state index < -0.39 is 17.7 Å². The van der Waals surface area contributed by atoms with E-state index in [2.05, 4.69) is 4.98 Å². The number of aromatic nitrogens is 1. The van der Waals surface area contributed by atoms with Crippen molar-refractivity contribution in [3.63, 3.8) is 0 Å². The van der Waals surface area contributed by atoms with Crippen LogP contribution in [-0.4, -0.2) is 50.5 Å². The Morgan fingerprint density at radius 2 is 1.85 bits per heavy atom. The fraction of sp³-hybridized carbons (Fsp3) is 0.346. The Kier molecular flexibility index (Phi) is 6.08. The molecule has 0 radical (unpaired) electrons. The number of nitrogens with zero attached hydrogens (tertiary/aromatic N) is 2. The van der Waals surface area contributed by atoms with Gasteiger partial charge in [-0.15, -0.1) is 0 Å².